The highest BCUT2D eigenvalue weighted by Gasteiger charge is 2.19. The van der Waals surface area contributed by atoms with Gasteiger partial charge in [-0.3, -0.25) is 0 Å². The van der Waals surface area contributed by atoms with E-state index in [-0.39, 0.29) is 0 Å². The second-order valence-corrected chi connectivity index (χ2v) is 24.9. The minimum absolute atomic E-state index is 1.06. The Hall–Kier alpha value is 1.40. The molecule has 0 aliphatic rings. The third-order valence-corrected chi connectivity index (χ3v) is 5.06. The van der Waals surface area contributed by atoms with Crippen molar-refractivity contribution in [3.63, 3.8) is 0 Å². The van der Waals surface area contributed by atoms with Crippen molar-refractivity contribution < 1.29 is 0 Å². The normalized spacial score (nSPS) is 11.4. The fourth-order valence-electron chi connectivity index (χ4n) is 0.266. The minimum atomic E-state index is -1.31. The van der Waals surface area contributed by atoms with Crippen LogP contribution in [0.2, 0.25) is 6.04 Å². The summed E-state index contributed by atoms with van der Waals surface area (Å²) in [6.45, 7) is 3.62. The lowest BCUT2D eigenvalue weighted by molar-refractivity contribution is 1.22. The zero-order valence-corrected chi connectivity index (χ0v) is 10.1. The van der Waals surface area contributed by atoms with Crippen molar-refractivity contribution in [3.8, 4) is 0 Å². The summed E-state index contributed by atoms with van der Waals surface area (Å²) in [6.07, 6.45) is 2.99. The highest BCUT2D eigenvalue weighted by atomic mass is 80.0. The Kier molecular flexibility index (Phi) is 4.99. The van der Waals surface area contributed by atoms with Gasteiger partial charge < -0.3 is 0 Å². The lowest BCUT2D eigenvalue weighted by Gasteiger charge is -2.04. The lowest BCUT2D eigenvalue weighted by Crippen LogP contribution is -2.03. The molecule has 0 aromatic heterocycles. The second kappa shape index (κ2) is 4.25. The Morgan fingerprint density at radius 1 is 1.38 bits per heavy atom. The first kappa shape index (κ1) is 9.40. The summed E-state index contributed by atoms with van der Waals surface area (Å²) < 4.78 is -1.31. The van der Waals surface area contributed by atoms with Gasteiger partial charge in [0.1, 0.15) is 0 Å². The van der Waals surface area contributed by atoms with Crippen LogP contribution in [-0.2, 0) is 0 Å². The molecule has 0 aromatic rings. The summed E-state index contributed by atoms with van der Waals surface area (Å²) in [5, 5.41) is 0. The van der Waals surface area contributed by atoms with Gasteiger partial charge in [0.25, 0.3) is 3.93 Å². The lowest BCUT2D eigenvalue weighted by atomic mass is 10.5. The maximum absolute atomic E-state index is 3.62. The predicted octanol–water partition coefficient (Wildman–Crippen LogP) is 3.69. The van der Waals surface area contributed by atoms with Crippen molar-refractivity contribution in [3.05, 3.63) is 12.7 Å². The van der Waals surface area contributed by atoms with Crippen molar-refractivity contribution in [1.29, 1.82) is 0 Å². The van der Waals surface area contributed by atoms with Crippen molar-refractivity contribution in [2.75, 3.05) is 0 Å². The van der Waals surface area contributed by atoms with E-state index in [0.717, 1.165) is 12.5 Å². The highest BCUT2D eigenvalue weighted by Crippen LogP contribution is 2.32. The smallest absolute Gasteiger partial charge is 0.103 e. The number of halogens is 3. The summed E-state index contributed by atoms with van der Waals surface area (Å²) in [7, 11) is 0. The van der Waals surface area contributed by atoms with Crippen LogP contribution in [0.3, 0.4) is 0 Å². The standard InChI is InChI=1S/C4H7Br3Si/c1-2-3-4-8(5,6)7/h2H,1,3-4H2. The molecule has 8 heavy (non-hydrogen) atoms. The SMILES string of the molecule is C=CCC[Si](Br)(Br)Br. The molecule has 0 saturated heterocycles. The van der Waals surface area contributed by atoms with Gasteiger partial charge in [-0.15, -0.1) is 6.58 Å². The molecule has 0 aliphatic carbocycles. The number of rotatable bonds is 3. The zero-order valence-electron chi connectivity index (χ0n) is 4.33. The van der Waals surface area contributed by atoms with E-state index in [2.05, 4.69) is 52.5 Å². The first-order valence-corrected chi connectivity index (χ1v) is 11.2. The Morgan fingerprint density at radius 3 is 2.00 bits per heavy atom. The van der Waals surface area contributed by atoms with Gasteiger partial charge in [0, 0.05) is 0 Å². The van der Waals surface area contributed by atoms with E-state index in [1.807, 2.05) is 6.08 Å². The van der Waals surface area contributed by atoms with Crippen LogP contribution in [0.4, 0.5) is 0 Å². The van der Waals surface area contributed by atoms with Gasteiger partial charge in [-0.25, -0.2) is 0 Å². The molecule has 0 amide bonds. The van der Waals surface area contributed by atoms with Crippen molar-refractivity contribution in [2.24, 2.45) is 0 Å². The van der Waals surface area contributed by atoms with E-state index in [4.69, 9.17) is 0 Å². The van der Waals surface area contributed by atoms with Crippen LogP contribution in [0.5, 0.6) is 0 Å². The highest BCUT2D eigenvalue weighted by molar-refractivity contribution is 9.72. The molecule has 4 heteroatoms. The van der Waals surface area contributed by atoms with Crippen molar-refractivity contribution in [2.45, 2.75) is 12.5 Å². The van der Waals surface area contributed by atoms with Gasteiger partial charge in [-0.2, -0.15) is 0 Å². The summed E-state index contributed by atoms with van der Waals surface area (Å²) in [5.41, 5.74) is 0. The van der Waals surface area contributed by atoms with E-state index in [1.54, 1.807) is 0 Å². The molecular formula is C4H7Br3Si. The van der Waals surface area contributed by atoms with Crippen LogP contribution in [-0.4, -0.2) is 3.93 Å². The van der Waals surface area contributed by atoms with Crippen LogP contribution >= 0.6 is 45.9 Å². The molecule has 0 heterocycles. The number of hydrogen-bond donors (Lipinski definition) is 0. The molecule has 0 bridgehead atoms. The number of allylic oxidation sites excluding steroid dienone is 1. The Labute approximate surface area is 74.5 Å². The van der Waals surface area contributed by atoms with Gasteiger partial charge in [0.15, 0.2) is 0 Å². The van der Waals surface area contributed by atoms with Crippen LogP contribution in [0, 0.1) is 0 Å². The first-order chi connectivity index (χ1) is 3.56. The molecule has 0 fully saturated rings. The van der Waals surface area contributed by atoms with E-state index < -0.39 is 3.93 Å². The average Bonchev–Trinajstić information content (AvgIpc) is 1.59. The molecule has 0 radical (unpaired) electrons. The molecule has 0 rings (SSSR count). The molecule has 0 aliphatic heterocycles. The van der Waals surface area contributed by atoms with Gasteiger partial charge in [0.2, 0.25) is 0 Å². The Bertz CT molecular complexity index is 75.8. The number of hydrogen-bond acceptors (Lipinski definition) is 0. The summed E-state index contributed by atoms with van der Waals surface area (Å²) in [5.74, 6) is 0. The van der Waals surface area contributed by atoms with Gasteiger partial charge in [0.05, 0.1) is 0 Å². The van der Waals surface area contributed by atoms with Crippen molar-refractivity contribution in [1.82, 2.24) is 0 Å². The van der Waals surface area contributed by atoms with E-state index in [1.165, 1.54) is 0 Å². The van der Waals surface area contributed by atoms with Gasteiger partial charge in [-0.05, 0) is 12.5 Å². The minimum Gasteiger partial charge on any atom is -0.103 e. The van der Waals surface area contributed by atoms with Gasteiger partial charge >= 0.3 is 0 Å². The molecular weight excluding hydrogens is 316 g/mol. The fraction of sp³-hybridized carbons (Fsp3) is 0.500. The molecule has 0 N–H and O–H groups in total. The maximum Gasteiger partial charge on any atom is 0.267 e. The molecule has 48 valence electrons. The second-order valence-electron chi connectivity index (χ2n) is 1.44. The largest absolute Gasteiger partial charge is 0.267 e. The Morgan fingerprint density at radius 2 is 1.88 bits per heavy atom. The van der Waals surface area contributed by atoms with E-state index in [9.17, 15) is 0 Å². The van der Waals surface area contributed by atoms with E-state index >= 15 is 0 Å². The summed E-state index contributed by atoms with van der Waals surface area (Å²) in [4.78, 5) is 0. The third-order valence-electron chi connectivity index (χ3n) is 0.632. The topological polar surface area (TPSA) is 0 Å². The van der Waals surface area contributed by atoms with Crippen LogP contribution in [0.15, 0.2) is 12.7 Å². The van der Waals surface area contributed by atoms with E-state index in [0.29, 0.717) is 0 Å². The maximum atomic E-state index is 3.62. The first-order valence-electron chi connectivity index (χ1n) is 2.24. The zero-order chi connectivity index (χ0) is 6.62. The van der Waals surface area contributed by atoms with Crippen LogP contribution in [0.25, 0.3) is 0 Å². The third kappa shape index (κ3) is 7.40. The molecule has 0 spiro atoms. The molecule has 0 saturated carbocycles. The molecule has 0 aromatic carbocycles. The van der Waals surface area contributed by atoms with Crippen molar-refractivity contribution >= 4 is 49.8 Å². The van der Waals surface area contributed by atoms with Crippen LogP contribution < -0.4 is 0 Å². The molecule has 0 atom stereocenters. The quantitative estimate of drug-likeness (QED) is 0.422. The van der Waals surface area contributed by atoms with Gasteiger partial charge in [-0.1, -0.05) is 52.0 Å². The molecule has 0 nitrogen and oxygen atoms in total. The molecule has 0 unspecified atom stereocenters. The van der Waals surface area contributed by atoms with Crippen LogP contribution in [0.1, 0.15) is 6.42 Å². The predicted molar refractivity (Wildman–Crippen MR) is 52.2 cm³/mol. The Balaban J connectivity index is 3.24. The monoisotopic (exact) mass is 320 g/mol. The fourth-order valence-corrected chi connectivity index (χ4v) is 2.86. The summed E-state index contributed by atoms with van der Waals surface area (Å²) in [6, 6.07) is 1.14. The summed E-state index contributed by atoms with van der Waals surface area (Å²) >= 11 is 10.5. The average molecular weight is 323 g/mol.